The Labute approximate surface area is 136 Å². The molecule has 23 heavy (non-hydrogen) atoms. The van der Waals surface area contributed by atoms with Crippen LogP contribution in [0.1, 0.15) is 37.0 Å². The van der Waals surface area contributed by atoms with E-state index in [4.69, 9.17) is 0 Å². The van der Waals surface area contributed by atoms with Crippen LogP contribution in [0.25, 0.3) is 0 Å². The molecule has 0 saturated carbocycles. The summed E-state index contributed by atoms with van der Waals surface area (Å²) in [4.78, 5) is 16.7. The number of hydrazone groups is 1. The highest BCUT2D eigenvalue weighted by Crippen LogP contribution is 2.30. The number of nitrogens with zero attached hydrogens (tertiary/aromatic N) is 3. The molecule has 1 aromatic heterocycles. The zero-order valence-corrected chi connectivity index (χ0v) is 13.8. The predicted octanol–water partition coefficient (Wildman–Crippen LogP) is 3.35. The van der Waals surface area contributed by atoms with Gasteiger partial charge in [0.1, 0.15) is 0 Å². The SMILES string of the molecule is Cc1ccccc1C1=NN(C(=O)Cc2ccncc2)C(C)(C)C1. The zero-order chi connectivity index (χ0) is 16.4. The number of carbonyl (C=O) groups excluding carboxylic acids is 1. The van der Waals surface area contributed by atoms with Gasteiger partial charge in [0.2, 0.25) is 5.91 Å². The van der Waals surface area contributed by atoms with Crippen LogP contribution in [0.5, 0.6) is 0 Å². The lowest BCUT2D eigenvalue weighted by molar-refractivity contribution is -0.134. The van der Waals surface area contributed by atoms with Gasteiger partial charge < -0.3 is 0 Å². The highest BCUT2D eigenvalue weighted by atomic mass is 16.2. The number of benzene rings is 1. The van der Waals surface area contributed by atoms with Crippen LogP contribution in [-0.2, 0) is 11.2 Å². The fraction of sp³-hybridized carbons (Fsp3) is 0.316. The van der Waals surface area contributed by atoms with Crippen LogP contribution in [0.2, 0.25) is 0 Å². The number of amides is 1. The third-order valence-corrected chi connectivity index (χ3v) is 4.19. The quantitative estimate of drug-likeness (QED) is 0.873. The van der Waals surface area contributed by atoms with Crippen molar-refractivity contribution >= 4 is 11.6 Å². The zero-order valence-electron chi connectivity index (χ0n) is 13.8. The van der Waals surface area contributed by atoms with E-state index in [2.05, 4.69) is 43.0 Å². The lowest BCUT2D eigenvalue weighted by Crippen LogP contribution is -2.41. The summed E-state index contributed by atoms with van der Waals surface area (Å²) in [6.45, 7) is 6.20. The van der Waals surface area contributed by atoms with E-state index in [0.717, 1.165) is 23.3 Å². The van der Waals surface area contributed by atoms with Crippen molar-refractivity contribution in [3.63, 3.8) is 0 Å². The fourth-order valence-corrected chi connectivity index (χ4v) is 2.97. The molecule has 1 aliphatic heterocycles. The van der Waals surface area contributed by atoms with E-state index in [1.807, 2.05) is 24.3 Å². The first-order valence-electron chi connectivity index (χ1n) is 7.83. The molecule has 2 aromatic rings. The van der Waals surface area contributed by atoms with E-state index in [9.17, 15) is 4.79 Å². The summed E-state index contributed by atoms with van der Waals surface area (Å²) in [6, 6.07) is 11.9. The standard InChI is InChI=1S/C19H21N3O/c1-14-6-4-5-7-16(14)17-13-19(2,3)22(21-17)18(23)12-15-8-10-20-11-9-15/h4-11H,12-13H2,1-3H3. The topological polar surface area (TPSA) is 45.6 Å². The molecule has 0 radical (unpaired) electrons. The molecule has 2 heterocycles. The largest absolute Gasteiger partial charge is 0.273 e. The second kappa shape index (κ2) is 5.95. The molecule has 1 aliphatic rings. The highest BCUT2D eigenvalue weighted by molar-refractivity contribution is 6.04. The number of hydrogen-bond acceptors (Lipinski definition) is 3. The van der Waals surface area contributed by atoms with E-state index in [1.54, 1.807) is 17.4 Å². The number of hydrogen-bond donors (Lipinski definition) is 0. The van der Waals surface area contributed by atoms with E-state index < -0.39 is 0 Å². The van der Waals surface area contributed by atoms with Gasteiger partial charge in [-0.2, -0.15) is 5.10 Å². The maximum absolute atomic E-state index is 12.7. The number of carbonyl (C=O) groups is 1. The van der Waals surface area contributed by atoms with Crippen molar-refractivity contribution < 1.29 is 4.79 Å². The van der Waals surface area contributed by atoms with Gasteiger partial charge in [-0.1, -0.05) is 24.3 Å². The molecule has 0 atom stereocenters. The van der Waals surface area contributed by atoms with Crippen LogP contribution >= 0.6 is 0 Å². The second-order valence-electron chi connectivity index (χ2n) is 6.59. The molecule has 3 rings (SSSR count). The molecule has 1 aromatic carbocycles. The van der Waals surface area contributed by atoms with Gasteiger partial charge in [-0.25, -0.2) is 5.01 Å². The number of rotatable bonds is 3. The van der Waals surface area contributed by atoms with Crippen LogP contribution < -0.4 is 0 Å². The highest BCUT2D eigenvalue weighted by Gasteiger charge is 2.38. The predicted molar refractivity (Wildman–Crippen MR) is 91.2 cm³/mol. The van der Waals surface area contributed by atoms with Crippen LogP contribution in [0.15, 0.2) is 53.9 Å². The van der Waals surface area contributed by atoms with E-state index in [0.29, 0.717) is 6.42 Å². The Kier molecular flexibility index (Phi) is 3.99. The van der Waals surface area contributed by atoms with Gasteiger partial charge in [0, 0.05) is 24.4 Å². The summed E-state index contributed by atoms with van der Waals surface area (Å²) < 4.78 is 0. The molecule has 0 bridgehead atoms. The number of pyridine rings is 1. The molecule has 0 saturated heterocycles. The number of aromatic nitrogens is 1. The molecule has 0 unspecified atom stereocenters. The molecule has 1 amide bonds. The van der Waals surface area contributed by atoms with E-state index in [1.165, 1.54) is 5.56 Å². The van der Waals surface area contributed by atoms with E-state index >= 15 is 0 Å². The molecular weight excluding hydrogens is 286 g/mol. The molecule has 0 fully saturated rings. The van der Waals surface area contributed by atoms with Crippen molar-refractivity contribution in [3.05, 3.63) is 65.5 Å². The first-order valence-corrected chi connectivity index (χ1v) is 7.83. The second-order valence-corrected chi connectivity index (χ2v) is 6.59. The minimum Gasteiger partial charge on any atom is -0.273 e. The minimum absolute atomic E-state index is 0.0183. The Morgan fingerprint density at radius 3 is 2.57 bits per heavy atom. The maximum Gasteiger partial charge on any atom is 0.247 e. The summed E-state index contributed by atoms with van der Waals surface area (Å²) in [6.07, 6.45) is 4.52. The Hall–Kier alpha value is -2.49. The molecule has 4 nitrogen and oxygen atoms in total. The third-order valence-electron chi connectivity index (χ3n) is 4.19. The first-order chi connectivity index (χ1) is 11.0. The maximum atomic E-state index is 12.7. The summed E-state index contributed by atoms with van der Waals surface area (Å²) in [5.74, 6) is 0.0183. The van der Waals surface area contributed by atoms with E-state index in [-0.39, 0.29) is 11.4 Å². The van der Waals surface area contributed by atoms with Crippen LogP contribution in [0, 0.1) is 6.92 Å². The molecular formula is C19H21N3O. The lowest BCUT2D eigenvalue weighted by atomic mass is 9.93. The van der Waals surface area contributed by atoms with Crippen molar-refractivity contribution in [3.8, 4) is 0 Å². The summed E-state index contributed by atoms with van der Waals surface area (Å²) >= 11 is 0. The van der Waals surface area contributed by atoms with Gasteiger partial charge in [0.15, 0.2) is 0 Å². The molecule has 0 spiro atoms. The number of aryl methyl sites for hydroxylation is 1. The Balaban J connectivity index is 1.86. The van der Waals surface area contributed by atoms with Gasteiger partial charge in [0.25, 0.3) is 0 Å². The van der Waals surface area contributed by atoms with Gasteiger partial charge >= 0.3 is 0 Å². The Morgan fingerprint density at radius 2 is 1.87 bits per heavy atom. The third kappa shape index (κ3) is 3.16. The Morgan fingerprint density at radius 1 is 1.17 bits per heavy atom. The van der Waals surface area contributed by atoms with Crippen molar-refractivity contribution in [1.29, 1.82) is 0 Å². The fourth-order valence-electron chi connectivity index (χ4n) is 2.97. The smallest absolute Gasteiger partial charge is 0.247 e. The average Bonchev–Trinajstić information content (AvgIpc) is 2.84. The Bertz CT molecular complexity index is 750. The first kappa shape index (κ1) is 15.4. The van der Waals surface area contributed by atoms with Crippen molar-refractivity contribution in [2.24, 2.45) is 5.10 Å². The average molecular weight is 307 g/mol. The van der Waals surface area contributed by atoms with Gasteiger partial charge in [-0.15, -0.1) is 0 Å². The summed E-state index contributed by atoms with van der Waals surface area (Å²) in [5.41, 5.74) is 3.95. The van der Waals surface area contributed by atoms with Crippen molar-refractivity contribution in [1.82, 2.24) is 9.99 Å². The molecule has 4 heteroatoms. The van der Waals surface area contributed by atoms with Crippen molar-refractivity contribution in [2.45, 2.75) is 39.2 Å². The van der Waals surface area contributed by atoms with Crippen LogP contribution in [0.3, 0.4) is 0 Å². The van der Waals surface area contributed by atoms with Crippen LogP contribution in [-0.4, -0.2) is 27.2 Å². The lowest BCUT2D eigenvalue weighted by Gasteiger charge is -2.28. The monoisotopic (exact) mass is 307 g/mol. The van der Waals surface area contributed by atoms with Gasteiger partial charge in [-0.3, -0.25) is 9.78 Å². The molecule has 118 valence electrons. The molecule has 0 N–H and O–H groups in total. The van der Waals surface area contributed by atoms with Crippen molar-refractivity contribution in [2.75, 3.05) is 0 Å². The van der Waals surface area contributed by atoms with Gasteiger partial charge in [0.05, 0.1) is 17.7 Å². The summed E-state index contributed by atoms with van der Waals surface area (Å²) in [5, 5.41) is 6.30. The summed E-state index contributed by atoms with van der Waals surface area (Å²) in [7, 11) is 0. The van der Waals surface area contributed by atoms with Gasteiger partial charge in [-0.05, 0) is 44.0 Å². The minimum atomic E-state index is -0.304. The van der Waals surface area contributed by atoms with Crippen LogP contribution in [0.4, 0.5) is 0 Å². The normalized spacial score (nSPS) is 16.3. The molecule has 0 aliphatic carbocycles.